The lowest BCUT2D eigenvalue weighted by Gasteiger charge is -2.14. The maximum atomic E-state index is 11.5. The van der Waals surface area contributed by atoms with E-state index in [1.807, 2.05) is 127 Å². The third-order valence-electron chi connectivity index (χ3n) is 8.92. The van der Waals surface area contributed by atoms with Gasteiger partial charge in [0, 0.05) is 38.5 Å². The minimum Gasteiger partial charge on any atom is -0.478 e. The standard InChI is InChI=1S/C18H15NO2.2C13H12ClNO2/c1-13-11-12-16(14-7-3-2-4-8-14)19(13)17-10-6-5-9-15(17)18(20)21;1-8-3-4-9(2)15(8)12-6-5-10(14)7-11(12)13(16)17;1-8-3-4-9(2)15(8)12-7-10(14)5-6-11(12)13(16)17/h2-12H,1H3,(H,20,21);2*3-7H,1-2H3,(H,16,17). The first-order valence-electron chi connectivity index (χ1n) is 17.1. The highest BCUT2D eigenvalue weighted by Gasteiger charge is 2.17. The summed E-state index contributed by atoms with van der Waals surface area (Å²) >= 11 is 11.8. The number of aromatic carboxylic acids is 3. The van der Waals surface area contributed by atoms with E-state index < -0.39 is 17.9 Å². The van der Waals surface area contributed by atoms with Crippen molar-refractivity contribution in [2.45, 2.75) is 34.6 Å². The average Bonchev–Trinajstić information content (AvgIpc) is 3.82. The summed E-state index contributed by atoms with van der Waals surface area (Å²) in [5.41, 5.74) is 9.68. The Bertz CT molecular complexity index is 2470. The van der Waals surface area contributed by atoms with Crippen LogP contribution in [0.1, 0.15) is 59.5 Å². The number of hydrogen-bond donors (Lipinski definition) is 3. The molecule has 9 nitrogen and oxygen atoms in total. The van der Waals surface area contributed by atoms with E-state index in [1.54, 1.807) is 36.4 Å². The molecule has 0 spiro atoms. The maximum absolute atomic E-state index is 11.5. The fourth-order valence-electron chi connectivity index (χ4n) is 6.38. The summed E-state index contributed by atoms with van der Waals surface area (Å²) in [7, 11) is 0. The van der Waals surface area contributed by atoms with Crippen LogP contribution in [0.2, 0.25) is 10.0 Å². The fourth-order valence-corrected chi connectivity index (χ4v) is 6.72. The van der Waals surface area contributed by atoms with Crippen LogP contribution in [0.5, 0.6) is 0 Å². The molecule has 7 rings (SSSR count). The number of hydrogen-bond acceptors (Lipinski definition) is 3. The molecule has 0 amide bonds. The molecule has 4 aromatic carbocycles. The normalized spacial score (nSPS) is 10.5. The van der Waals surface area contributed by atoms with Gasteiger partial charge < -0.3 is 29.0 Å². The molecule has 0 saturated heterocycles. The Balaban J connectivity index is 0.000000160. The van der Waals surface area contributed by atoms with Crippen molar-refractivity contribution in [3.8, 4) is 28.3 Å². The second-order valence-corrected chi connectivity index (χ2v) is 13.6. The van der Waals surface area contributed by atoms with Crippen LogP contribution in [0.3, 0.4) is 0 Å². The predicted molar refractivity (Wildman–Crippen MR) is 217 cm³/mol. The molecule has 0 atom stereocenters. The Morgan fingerprint density at radius 2 is 0.836 bits per heavy atom. The average molecular weight is 777 g/mol. The lowest BCUT2D eigenvalue weighted by molar-refractivity contribution is 0.0686. The molecular formula is C44H39Cl2N3O6. The Hall–Kier alpha value is -6.29. The van der Waals surface area contributed by atoms with Gasteiger partial charge in [-0.25, -0.2) is 14.4 Å². The zero-order chi connectivity index (χ0) is 40.0. The van der Waals surface area contributed by atoms with Gasteiger partial charge in [0.15, 0.2) is 0 Å². The molecular weight excluding hydrogens is 737 g/mol. The van der Waals surface area contributed by atoms with Crippen molar-refractivity contribution in [3.63, 3.8) is 0 Å². The number of benzene rings is 4. The molecule has 55 heavy (non-hydrogen) atoms. The van der Waals surface area contributed by atoms with Crippen molar-refractivity contribution < 1.29 is 29.7 Å². The van der Waals surface area contributed by atoms with Crippen molar-refractivity contribution >= 4 is 41.1 Å². The van der Waals surface area contributed by atoms with Crippen LogP contribution in [0.25, 0.3) is 28.3 Å². The van der Waals surface area contributed by atoms with Gasteiger partial charge in [-0.2, -0.15) is 0 Å². The highest BCUT2D eigenvalue weighted by atomic mass is 35.5. The van der Waals surface area contributed by atoms with Crippen LogP contribution in [-0.4, -0.2) is 46.9 Å². The SMILES string of the molecule is Cc1ccc(-c2ccccc2)n1-c1ccccc1C(=O)O.Cc1ccc(C)n1-c1cc(Cl)ccc1C(=O)O.Cc1ccc(C)n1-c1ccc(Cl)cc1C(=O)O. The minimum atomic E-state index is -0.977. The van der Waals surface area contributed by atoms with Gasteiger partial charge in [-0.1, -0.05) is 65.7 Å². The first-order chi connectivity index (χ1) is 26.2. The molecule has 7 aromatic rings. The zero-order valence-corrected chi connectivity index (χ0v) is 32.3. The molecule has 3 N–H and O–H groups in total. The first-order valence-corrected chi connectivity index (χ1v) is 17.9. The molecule has 0 aliphatic rings. The number of carbonyl (C=O) groups is 3. The highest BCUT2D eigenvalue weighted by molar-refractivity contribution is 6.31. The van der Waals surface area contributed by atoms with Crippen LogP contribution < -0.4 is 0 Å². The number of halogens is 2. The summed E-state index contributed by atoms with van der Waals surface area (Å²) < 4.78 is 5.77. The van der Waals surface area contributed by atoms with Gasteiger partial charge in [-0.05, 0) is 125 Å². The van der Waals surface area contributed by atoms with E-state index in [-0.39, 0.29) is 11.1 Å². The molecule has 280 valence electrons. The zero-order valence-electron chi connectivity index (χ0n) is 30.8. The van der Waals surface area contributed by atoms with E-state index in [1.165, 1.54) is 12.1 Å². The minimum absolute atomic E-state index is 0.208. The Morgan fingerprint density at radius 3 is 1.40 bits per heavy atom. The highest BCUT2D eigenvalue weighted by Crippen LogP contribution is 2.29. The Labute approximate surface area is 328 Å². The summed E-state index contributed by atoms with van der Waals surface area (Å²) in [5.74, 6) is -2.85. The van der Waals surface area contributed by atoms with Gasteiger partial charge in [-0.3, -0.25) is 0 Å². The Kier molecular flexibility index (Phi) is 12.5. The number of rotatable bonds is 7. The van der Waals surface area contributed by atoms with E-state index in [9.17, 15) is 29.7 Å². The summed E-state index contributed by atoms with van der Waals surface area (Å²) in [6.07, 6.45) is 0. The third kappa shape index (κ3) is 8.92. The van der Waals surface area contributed by atoms with Gasteiger partial charge >= 0.3 is 17.9 Å². The van der Waals surface area contributed by atoms with E-state index in [0.29, 0.717) is 32.7 Å². The number of aromatic nitrogens is 3. The number of nitrogens with zero attached hydrogens (tertiary/aromatic N) is 3. The summed E-state index contributed by atoms with van der Waals surface area (Å²) in [5, 5.41) is 28.7. The molecule has 0 saturated carbocycles. The van der Waals surface area contributed by atoms with E-state index in [2.05, 4.69) is 0 Å². The summed E-state index contributed by atoms with van der Waals surface area (Å²) in [6, 6.07) is 38.5. The summed E-state index contributed by atoms with van der Waals surface area (Å²) in [4.78, 5) is 33.9. The van der Waals surface area contributed by atoms with Gasteiger partial charge in [0.25, 0.3) is 0 Å². The monoisotopic (exact) mass is 775 g/mol. The van der Waals surface area contributed by atoms with Crippen LogP contribution in [0, 0.1) is 34.6 Å². The molecule has 0 bridgehead atoms. The molecule has 0 fully saturated rings. The van der Waals surface area contributed by atoms with E-state index in [4.69, 9.17) is 23.2 Å². The first kappa shape index (κ1) is 39.9. The van der Waals surface area contributed by atoms with Crippen molar-refractivity contribution in [2.75, 3.05) is 0 Å². The smallest absolute Gasteiger partial charge is 0.337 e. The van der Waals surface area contributed by atoms with Gasteiger partial charge in [0.2, 0.25) is 0 Å². The Morgan fingerprint density at radius 1 is 0.418 bits per heavy atom. The second-order valence-electron chi connectivity index (χ2n) is 12.7. The fraction of sp³-hybridized carbons (Fsp3) is 0.114. The molecule has 3 heterocycles. The maximum Gasteiger partial charge on any atom is 0.337 e. The van der Waals surface area contributed by atoms with Crippen molar-refractivity contribution in [1.29, 1.82) is 0 Å². The van der Waals surface area contributed by atoms with Crippen molar-refractivity contribution in [1.82, 2.24) is 13.7 Å². The molecule has 11 heteroatoms. The van der Waals surface area contributed by atoms with E-state index >= 15 is 0 Å². The largest absolute Gasteiger partial charge is 0.478 e. The molecule has 3 aromatic heterocycles. The quantitative estimate of drug-likeness (QED) is 0.148. The van der Waals surface area contributed by atoms with Gasteiger partial charge in [0.05, 0.1) is 39.4 Å². The lowest BCUT2D eigenvalue weighted by atomic mass is 10.1. The number of aryl methyl sites for hydroxylation is 5. The molecule has 0 aliphatic heterocycles. The van der Waals surface area contributed by atoms with Crippen LogP contribution in [0.15, 0.2) is 127 Å². The molecule has 0 unspecified atom stereocenters. The van der Waals surface area contributed by atoms with Gasteiger partial charge in [0.1, 0.15) is 0 Å². The van der Waals surface area contributed by atoms with Crippen LogP contribution in [-0.2, 0) is 0 Å². The molecule has 0 radical (unpaired) electrons. The van der Waals surface area contributed by atoms with Crippen molar-refractivity contribution in [2.24, 2.45) is 0 Å². The number of para-hydroxylation sites is 1. The molecule has 0 aliphatic carbocycles. The lowest BCUT2D eigenvalue weighted by Crippen LogP contribution is -2.07. The van der Waals surface area contributed by atoms with Gasteiger partial charge in [-0.15, -0.1) is 0 Å². The van der Waals surface area contributed by atoms with E-state index in [0.717, 1.165) is 39.7 Å². The predicted octanol–water partition coefficient (Wildman–Crippen LogP) is 11.0. The van der Waals surface area contributed by atoms with Crippen molar-refractivity contribution in [3.05, 3.63) is 183 Å². The second kappa shape index (κ2) is 17.2. The summed E-state index contributed by atoms with van der Waals surface area (Å²) in [6.45, 7) is 9.71. The topological polar surface area (TPSA) is 127 Å². The van der Waals surface area contributed by atoms with Crippen LogP contribution in [0.4, 0.5) is 0 Å². The third-order valence-corrected chi connectivity index (χ3v) is 9.39. The number of carboxylic acids is 3. The van der Waals surface area contributed by atoms with Crippen LogP contribution >= 0.6 is 23.2 Å². The number of carboxylic acid groups (broad SMARTS) is 3.